The molecule has 0 fully saturated rings. The van der Waals surface area contributed by atoms with Crippen LogP contribution in [0.1, 0.15) is 48.9 Å². The highest BCUT2D eigenvalue weighted by Crippen LogP contribution is 2.28. The van der Waals surface area contributed by atoms with Crippen LogP contribution in [0.4, 0.5) is 5.69 Å². The quantitative estimate of drug-likeness (QED) is 0.352. The van der Waals surface area contributed by atoms with Gasteiger partial charge in [-0.2, -0.15) is 0 Å². The van der Waals surface area contributed by atoms with E-state index in [-0.39, 0.29) is 5.69 Å². The highest BCUT2D eigenvalue weighted by Gasteiger charge is 2.10. The van der Waals surface area contributed by atoms with Gasteiger partial charge in [0.2, 0.25) is 6.41 Å². The van der Waals surface area contributed by atoms with Gasteiger partial charge in [-0.1, -0.05) is 18.8 Å². The number of anilines is 1. The average Bonchev–Trinajstić information content (AvgIpc) is 2.87. The zero-order valence-corrected chi connectivity index (χ0v) is 21.7. The second-order valence-corrected chi connectivity index (χ2v) is 8.53. The van der Waals surface area contributed by atoms with Crippen LogP contribution < -0.4 is 20.1 Å². The zero-order valence-electron chi connectivity index (χ0n) is 21.7. The van der Waals surface area contributed by atoms with E-state index in [0.29, 0.717) is 29.5 Å². The third-order valence-electron chi connectivity index (χ3n) is 4.58. The fourth-order valence-corrected chi connectivity index (χ4v) is 2.75. The van der Waals surface area contributed by atoms with Crippen LogP contribution in [0.5, 0.6) is 17.2 Å². The van der Waals surface area contributed by atoms with E-state index in [9.17, 15) is 14.7 Å². The number of primary amides is 1. The molecule has 0 unspecified atom stereocenters. The van der Waals surface area contributed by atoms with Gasteiger partial charge in [0.25, 0.3) is 5.91 Å². The Morgan fingerprint density at radius 3 is 2.51 bits per heavy atom. The number of pyridine rings is 2. The molecule has 0 aliphatic heterocycles. The van der Waals surface area contributed by atoms with Gasteiger partial charge in [0.15, 0.2) is 0 Å². The lowest BCUT2D eigenvalue weighted by atomic mass is 10.1. The van der Waals surface area contributed by atoms with Crippen molar-refractivity contribution < 1.29 is 24.2 Å². The SMILES string of the molecule is CCCOc1ccc(C#CC(C)(C)O)cc1N(C)C=O.Cc1ccc(Oc2ccnc(C(N)=O)c2)cn1. The minimum atomic E-state index is -1.05. The first-order valence-electron chi connectivity index (χ1n) is 11.6. The molecule has 0 radical (unpaired) electrons. The Morgan fingerprint density at radius 2 is 1.92 bits per heavy atom. The van der Waals surface area contributed by atoms with E-state index in [1.54, 1.807) is 51.4 Å². The van der Waals surface area contributed by atoms with Gasteiger partial charge in [0.05, 0.1) is 18.5 Å². The van der Waals surface area contributed by atoms with E-state index >= 15 is 0 Å². The second kappa shape index (κ2) is 13.6. The first-order valence-corrected chi connectivity index (χ1v) is 11.6. The molecule has 0 spiro atoms. The van der Waals surface area contributed by atoms with Crippen molar-refractivity contribution in [3.8, 4) is 29.1 Å². The summed E-state index contributed by atoms with van der Waals surface area (Å²) < 4.78 is 11.1. The summed E-state index contributed by atoms with van der Waals surface area (Å²) in [6.45, 7) is 7.75. The molecule has 0 saturated heterocycles. The first kappa shape index (κ1) is 28.8. The van der Waals surface area contributed by atoms with E-state index in [1.807, 2.05) is 26.0 Å². The smallest absolute Gasteiger partial charge is 0.267 e. The molecule has 3 N–H and O–H groups in total. The fraction of sp³-hybridized carbons (Fsp3) is 0.286. The van der Waals surface area contributed by atoms with Crippen LogP contribution in [0.2, 0.25) is 0 Å². The molecule has 37 heavy (non-hydrogen) atoms. The number of hydrogen-bond donors (Lipinski definition) is 2. The maximum Gasteiger partial charge on any atom is 0.267 e. The molecule has 9 nitrogen and oxygen atoms in total. The third-order valence-corrected chi connectivity index (χ3v) is 4.58. The molecule has 0 atom stereocenters. The summed E-state index contributed by atoms with van der Waals surface area (Å²) in [7, 11) is 1.66. The van der Waals surface area contributed by atoms with Crippen molar-refractivity contribution in [1.82, 2.24) is 9.97 Å². The highest BCUT2D eigenvalue weighted by molar-refractivity contribution is 5.91. The van der Waals surface area contributed by atoms with Gasteiger partial charge in [-0.3, -0.25) is 19.6 Å². The van der Waals surface area contributed by atoms with Crippen molar-refractivity contribution in [3.05, 3.63) is 71.8 Å². The second-order valence-electron chi connectivity index (χ2n) is 8.53. The average molecular weight is 505 g/mol. The lowest BCUT2D eigenvalue weighted by Crippen LogP contribution is -2.16. The largest absolute Gasteiger partial charge is 0.491 e. The number of nitrogens with two attached hydrogens (primary N) is 1. The minimum absolute atomic E-state index is 0.169. The van der Waals surface area contributed by atoms with Crippen LogP contribution in [0.15, 0.2) is 54.9 Å². The zero-order chi connectivity index (χ0) is 27.4. The summed E-state index contributed by atoms with van der Waals surface area (Å²) in [6.07, 6.45) is 4.70. The predicted molar refractivity (Wildman–Crippen MR) is 142 cm³/mol. The molecule has 2 amide bonds. The molecule has 3 rings (SSSR count). The molecular weight excluding hydrogens is 472 g/mol. The van der Waals surface area contributed by atoms with E-state index in [4.69, 9.17) is 15.2 Å². The molecule has 0 saturated carbocycles. The number of ether oxygens (including phenoxy) is 2. The number of benzene rings is 1. The van der Waals surface area contributed by atoms with Gasteiger partial charge in [0, 0.05) is 30.6 Å². The molecule has 2 heterocycles. The van der Waals surface area contributed by atoms with Crippen molar-refractivity contribution in [2.45, 2.75) is 39.7 Å². The van der Waals surface area contributed by atoms with Crippen LogP contribution in [0.3, 0.4) is 0 Å². The normalized spacial score (nSPS) is 10.2. The first-order chi connectivity index (χ1) is 17.5. The minimum Gasteiger partial charge on any atom is -0.491 e. The molecule has 1 aromatic carbocycles. The maximum absolute atomic E-state index is 11.0. The van der Waals surface area contributed by atoms with Crippen molar-refractivity contribution in [3.63, 3.8) is 0 Å². The standard InChI is InChI=1S/C16H21NO3.C12H11N3O2/c1-5-10-20-15-7-6-13(8-9-16(2,3)19)11-14(15)17(4)12-18;1-8-2-3-10(7-15-8)17-9-4-5-14-11(6-9)12(13)16/h6-7,11-12,19H,5,10H2,1-4H3;2-7H,1H3,(H2,13,16). The Balaban J connectivity index is 0.000000263. The lowest BCUT2D eigenvalue weighted by Gasteiger charge is -2.16. The third kappa shape index (κ3) is 9.99. The highest BCUT2D eigenvalue weighted by atomic mass is 16.5. The van der Waals surface area contributed by atoms with Crippen LogP contribution in [0, 0.1) is 18.8 Å². The number of aromatic nitrogens is 2. The van der Waals surface area contributed by atoms with Crippen molar-refractivity contribution in [2.75, 3.05) is 18.6 Å². The van der Waals surface area contributed by atoms with E-state index < -0.39 is 11.5 Å². The molecule has 194 valence electrons. The fourth-order valence-electron chi connectivity index (χ4n) is 2.75. The number of hydrogen-bond acceptors (Lipinski definition) is 7. The summed E-state index contributed by atoms with van der Waals surface area (Å²) in [5, 5.41) is 9.61. The van der Waals surface area contributed by atoms with E-state index in [0.717, 1.165) is 24.1 Å². The summed E-state index contributed by atoms with van der Waals surface area (Å²) >= 11 is 0. The van der Waals surface area contributed by atoms with Crippen LogP contribution >= 0.6 is 0 Å². The number of nitrogens with zero attached hydrogens (tertiary/aromatic N) is 3. The van der Waals surface area contributed by atoms with Gasteiger partial charge in [-0.15, -0.1) is 0 Å². The molecule has 9 heteroatoms. The molecule has 0 aliphatic rings. The molecule has 0 bridgehead atoms. The number of rotatable bonds is 8. The Labute approximate surface area is 217 Å². The molecule has 0 aliphatic carbocycles. The van der Waals surface area contributed by atoms with Gasteiger partial charge in [-0.25, -0.2) is 0 Å². The number of amides is 2. The molecule has 2 aromatic heterocycles. The Morgan fingerprint density at radius 1 is 1.16 bits per heavy atom. The van der Waals surface area contributed by atoms with Crippen LogP contribution in [0.25, 0.3) is 0 Å². The number of aliphatic hydroxyl groups is 1. The van der Waals surface area contributed by atoms with Crippen molar-refractivity contribution >= 4 is 18.0 Å². The molecular formula is C28H32N4O5. The monoisotopic (exact) mass is 504 g/mol. The summed E-state index contributed by atoms with van der Waals surface area (Å²) in [4.78, 5) is 31.3. The Hall–Kier alpha value is -4.42. The van der Waals surface area contributed by atoms with Gasteiger partial charge >= 0.3 is 0 Å². The van der Waals surface area contributed by atoms with Crippen LogP contribution in [-0.2, 0) is 4.79 Å². The number of carbonyl (C=O) groups excluding carboxylic acids is 2. The van der Waals surface area contributed by atoms with Gasteiger partial charge < -0.3 is 25.2 Å². The summed E-state index contributed by atoms with van der Waals surface area (Å²) in [5.74, 6) is 6.79. The van der Waals surface area contributed by atoms with Crippen molar-refractivity contribution in [1.29, 1.82) is 0 Å². The van der Waals surface area contributed by atoms with E-state index in [2.05, 4.69) is 21.8 Å². The lowest BCUT2D eigenvalue weighted by molar-refractivity contribution is -0.107. The van der Waals surface area contributed by atoms with E-state index in [1.165, 1.54) is 17.2 Å². The Bertz CT molecular complexity index is 1260. The van der Waals surface area contributed by atoms with Gasteiger partial charge in [0.1, 0.15) is 28.5 Å². The van der Waals surface area contributed by atoms with Crippen molar-refractivity contribution in [2.24, 2.45) is 5.73 Å². The number of aryl methyl sites for hydroxylation is 1. The Kier molecular flexibility index (Phi) is 10.6. The number of carbonyl (C=O) groups is 2. The summed E-state index contributed by atoms with van der Waals surface area (Å²) in [6, 6.07) is 12.1. The summed E-state index contributed by atoms with van der Waals surface area (Å²) in [5.41, 5.74) is 6.54. The van der Waals surface area contributed by atoms with Crippen LogP contribution in [-0.4, -0.2) is 46.6 Å². The maximum atomic E-state index is 11.0. The predicted octanol–water partition coefficient (Wildman–Crippen LogP) is 3.87. The molecule has 3 aromatic rings. The topological polar surface area (TPSA) is 128 Å². The van der Waals surface area contributed by atoms with Gasteiger partial charge in [-0.05, 0) is 63.6 Å².